The average molecular weight is 230 g/mol. The van der Waals surface area contributed by atoms with Crippen molar-refractivity contribution in [2.45, 2.75) is 38.6 Å². The van der Waals surface area contributed by atoms with Crippen molar-refractivity contribution in [3.8, 4) is 0 Å². The fourth-order valence-corrected chi connectivity index (χ4v) is 1.82. The van der Waals surface area contributed by atoms with Gasteiger partial charge in [-0.25, -0.2) is 4.39 Å². The number of rotatable bonds is 4. The quantitative estimate of drug-likeness (QED) is 0.837. The van der Waals surface area contributed by atoms with Gasteiger partial charge < -0.3 is 5.73 Å². The lowest BCUT2D eigenvalue weighted by Gasteiger charge is -2.19. The Labute approximate surface area is 95.4 Å². The van der Waals surface area contributed by atoms with Gasteiger partial charge in [0.2, 0.25) is 0 Å². The second-order valence-electron chi connectivity index (χ2n) is 3.91. The number of nitrogens with two attached hydrogens (primary N) is 1. The third-order valence-electron chi connectivity index (χ3n) is 2.73. The zero-order chi connectivity index (χ0) is 11.4. The van der Waals surface area contributed by atoms with Crippen molar-refractivity contribution >= 4 is 11.6 Å². The van der Waals surface area contributed by atoms with Gasteiger partial charge in [-0.15, -0.1) is 0 Å². The van der Waals surface area contributed by atoms with Crippen molar-refractivity contribution in [2.75, 3.05) is 0 Å². The molecule has 1 aromatic rings. The minimum atomic E-state index is -0.378. The van der Waals surface area contributed by atoms with Crippen molar-refractivity contribution in [1.82, 2.24) is 0 Å². The van der Waals surface area contributed by atoms with Gasteiger partial charge in [0.15, 0.2) is 0 Å². The SMILES string of the molecule is CCCC(N)C(C)c1ccc(F)c(Cl)c1. The molecule has 0 heterocycles. The molecule has 0 saturated heterocycles. The van der Waals surface area contributed by atoms with Crippen LogP contribution < -0.4 is 5.73 Å². The Morgan fingerprint density at radius 3 is 2.67 bits per heavy atom. The van der Waals surface area contributed by atoms with Gasteiger partial charge in [0.05, 0.1) is 5.02 Å². The minimum Gasteiger partial charge on any atom is -0.327 e. The summed E-state index contributed by atoms with van der Waals surface area (Å²) >= 11 is 5.72. The molecule has 0 fully saturated rings. The molecule has 0 aliphatic heterocycles. The second kappa shape index (κ2) is 5.47. The molecule has 3 heteroatoms. The lowest BCUT2D eigenvalue weighted by Crippen LogP contribution is -2.26. The fraction of sp³-hybridized carbons (Fsp3) is 0.500. The van der Waals surface area contributed by atoms with E-state index in [2.05, 4.69) is 6.92 Å². The predicted octanol–water partition coefficient (Wildman–Crippen LogP) is 3.71. The number of hydrogen-bond donors (Lipinski definition) is 1. The fourth-order valence-electron chi connectivity index (χ4n) is 1.63. The summed E-state index contributed by atoms with van der Waals surface area (Å²) in [6, 6.07) is 4.92. The zero-order valence-corrected chi connectivity index (χ0v) is 9.89. The Bertz CT molecular complexity index is 327. The van der Waals surface area contributed by atoms with Crippen LogP contribution in [0.15, 0.2) is 18.2 Å². The third-order valence-corrected chi connectivity index (χ3v) is 3.02. The first-order valence-corrected chi connectivity index (χ1v) is 5.64. The van der Waals surface area contributed by atoms with Gasteiger partial charge in [-0.05, 0) is 30.0 Å². The lowest BCUT2D eigenvalue weighted by molar-refractivity contribution is 0.521. The molecule has 0 aliphatic carbocycles. The van der Waals surface area contributed by atoms with Crippen molar-refractivity contribution in [3.63, 3.8) is 0 Å². The van der Waals surface area contributed by atoms with E-state index in [0.29, 0.717) is 0 Å². The van der Waals surface area contributed by atoms with Crippen LogP contribution in [0.5, 0.6) is 0 Å². The van der Waals surface area contributed by atoms with Gasteiger partial charge >= 0.3 is 0 Å². The monoisotopic (exact) mass is 229 g/mol. The van der Waals surface area contributed by atoms with Gasteiger partial charge in [0.25, 0.3) is 0 Å². The van der Waals surface area contributed by atoms with Gasteiger partial charge in [-0.2, -0.15) is 0 Å². The molecule has 2 unspecified atom stereocenters. The van der Waals surface area contributed by atoms with Gasteiger partial charge in [0, 0.05) is 6.04 Å². The molecule has 2 atom stereocenters. The highest BCUT2D eigenvalue weighted by Crippen LogP contribution is 2.25. The smallest absolute Gasteiger partial charge is 0.141 e. The molecule has 1 aromatic carbocycles. The predicted molar refractivity (Wildman–Crippen MR) is 62.7 cm³/mol. The first-order valence-electron chi connectivity index (χ1n) is 5.26. The van der Waals surface area contributed by atoms with Crippen LogP contribution in [-0.2, 0) is 0 Å². The highest BCUT2D eigenvalue weighted by atomic mass is 35.5. The van der Waals surface area contributed by atoms with E-state index < -0.39 is 0 Å². The first kappa shape index (κ1) is 12.5. The van der Waals surface area contributed by atoms with Crippen molar-refractivity contribution < 1.29 is 4.39 Å². The summed E-state index contributed by atoms with van der Waals surface area (Å²) in [6.07, 6.45) is 2.02. The summed E-state index contributed by atoms with van der Waals surface area (Å²) < 4.78 is 12.9. The molecule has 15 heavy (non-hydrogen) atoms. The average Bonchev–Trinajstić information content (AvgIpc) is 2.21. The lowest BCUT2D eigenvalue weighted by atomic mass is 9.91. The van der Waals surface area contributed by atoms with Gasteiger partial charge in [-0.1, -0.05) is 37.9 Å². The molecule has 0 bridgehead atoms. The highest BCUT2D eigenvalue weighted by molar-refractivity contribution is 6.30. The van der Waals surface area contributed by atoms with E-state index in [-0.39, 0.29) is 22.8 Å². The van der Waals surface area contributed by atoms with Crippen LogP contribution in [0.2, 0.25) is 5.02 Å². The molecule has 1 nitrogen and oxygen atoms in total. The maximum atomic E-state index is 12.9. The van der Waals surface area contributed by atoms with Crippen LogP contribution in [0.3, 0.4) is 0 Å². The van der Waals surface area contributed by atoms with E-state index in [9.17, 15) is 4.39 Å². The van der Waals surface area contributed by atoms with E-state index in [1.54, 1.807) is 12.1 Å². The van der Waals surface area contributed by atoms with E-state index in [4.69, 9.17) is 17.3 Å². The summed E-state index contributed by atoms with van der Waals surface area (Å²) in [7, 11) is 0. The molecule has 84 valence electrons. The van der Waals surface area contributed by atoms with Crippen molar-refractivity contribution in [2.24, 2.45) is 5.73 Å². The molecule has 2 N–H and O–H groups in total. The molecule has 0 aliphatic rings. The Morgan fingerprint density at radius 2 is 2.13 bits per heavy atom. The third kappa shape index (κ3) is 3.18. The summed E-state index contributed by atoms with van der Waals surface area (Å²) in [5.41, 5.74) is 7.01. The van der Waals surface area contributed by atoms with Gasteiger partial charge in [0.1, 0.15) is 5.82 Å². The number of halogens is 2. The zero-order valence-electron chi connectivity index (χ0n) is 9.13. The Hall–Kier alpha value is -0.600. The maximum absolute atomic E-state index is 12.9. The van der Waals surface area contributed by atoms with Crippen LogP contribution in [0.4, 0.5) is 4.39 Å². The summed E-state index contributed by atoms with van der Waals surface area (Å²) in [6.45, 7) is 4.15. The van der Waals surface area contributed by atoms with E-state index in [1.807, 2.05) is 6.92 Å². The topological polar surface area (TPSA) is 26.0 Å². The van der Waals surface area contributed by atoms with Crippen molar-refractivity contribution in [1.29, 1.82) is 0 Å². The second-order valence-corrected chi connectivity index (χ2v) is 4.32. The normalized spacial score (nSPS) is 15.0. The molecular formula is C12H17ClFN. The standard InChI is InChI=1S/C12H17ClFN/c1-3-4-12(15)8(2)9-5-6-11(14)10(13)7-9/h5-8,12H,3-4,15H2,1-2H3. The van der Waals surface area contributed by atoms with Crippen LogP contribution in [0, 0.1) is 5.82 Å². The van der Waals surface area contributed by atoms with Crippen LogP contribution in [0.25, 0.3) is 0 Å². The Kier molecular flexibility index (Phi) is 4.55. The minimum absolute atomic E-state index is 0.108. The number of hydrogen-bond acceptors (Lipinski definition) is 1. The molecule has 0 radical (unpaired) electrons. The highest BCUT2D eigenvalue weighted by Gasteiger charge is 2.15. The summed E-state index contributed by atoms with van der Waals surface area (Å²) in [4.78, 5) is 0. The van der Waals surface area contributed by atoms with E-state index in [0.717, 1.165) is 18.4 Å². The molecule has 0 aromatic heterocycles. The van der Waals surface area contributed by atoms with Crippen LogP contribution in [0.1, 0.15) is 38.2 Å². The summed E-state index contributed by atoms with van der Waals surface area (Å²) in [5, 5.41) is 0.169. The van der Waals surface area contributed by atoms with Gasteiger partial charge in [-0.3, -0.25) is 0 Å². The van der Waals surface area contributed by atoms with Crippen molar-refractivity contribution in [3.05, 3.63) is 34.6 Å². The largest absolute Gasteiger partial charge is 0.327 e. The summed E-state index contributed by atoms with van der Waals surface area (Å²) in [5.74, 6) is -0.167. The molecule has 0 amide bonds. The van der Waals surface area contributed by atoms with Crippen LogP contribution in [-0.4, -0.2) is 6.04 Å². The van der Waals surface area contributed by atoms with E-state index >= 15 is 0 Å². The van der Waals surface area contributed by atoms with E-state index in [1.165, 1.54) is 6.07 Å². The molecular weight excluding hydrogens is 213 g/mol. The first-order chi connectivity index (χ1) is 7.06. The number of benzene rings is 1. The van der Waals surface area contributed by atoms with Crippen LogP contribution >= 0.6 is 11.6 Å². The Balaban J connectivity index is 2.81. The molecule has 0 saturated carbocycles. The maximum Gasteiger partial charge on any atom is 0.141 e. The molecule has 0 spiro atoms. The molecule has 1 rings (SSSR count). The Morgan fingerprint density at radius 1 is 1.47 bits per heavy atom.